The van der Waals surface area contributed by atoms with E-state index in [1.54, 1.807) is 24.3 Å². The standard InChI is InChI=1S/C27H33ClN4O4S/c28-22-8-10-23(11-9-22)37(35,36)32(25-3-1-2-14-29-27(25)34)17-19-4-6-21(7-5-19)26(33)30-24-18-31-15-12-20(24)13-16-31/h4-11,20,24-25H,1-3,12-18H2,(H,29,34)(H,30,33)/t24-,25+/m0/s1. The molecular formula is C27H33ClN4O4S. The molecule has 4 aliphatic heterocycles. The molecule has 4 saturated heterocycles. The van der Waals surface area contributed by atoms with Crippen molar-refractivity contribution in [3.63, 3.8) is 0 Å². The molecule has 0 aromatic heterocycles. The molecule has 8 nitrogen and oxygen atoms in total. The largest absolute Gasteiger partial charge is 0.355 e. The molecular weight excluding hydrogens is 512 g/mol. The molecule has 10 heteroatoms. The lowest BCUT2D eigenvalue weighted by Gasteiger charge is -2.44. The third kappa shape index (κ3) is 5.85. The van der Waals surface area contributed by atoms with E-state index in [1.807, 2.05) is 0 Å². The number of sulfonamides is 1. The van der Waals surface area contributed by atoms with Gasteiger partial charge in [-0.2, -0.15) is 4.31 Å². The molecule has 2 aromatic rings. The molecule has 2 bridgehead atoms. The van der Waals surface area contributed by atoms with Gasteiger partial charge < -0.3 is 15.5 Å². The van der Waals surface area contributed by atoms with Crippen LogP contribution in [-0.2, 0) is 21.4 Å². The number of benzene rings is 2. The highest BCUT2D eigenvalue weighted by molar-refractivity contribution is 7.89. The molecule has 0 radical (unpaired) electrons. The summed E-state index contributed by atoms with van der Waals surface area (Å²) in [4.78, 5) is 28.3. The maximum atomic E-state index is 13.7. The molecule has 0 spiro atoms. The maximum absolute atomic E-state index is 13.7. The zero-order chi connectivity index (χ0) is 26.0. The summed E-state index contributed by atoms with van der Waals surface area (Å²) < 4.78 is 28.7. The van der Waals surface area contributed by atoms with Crippen LogP contribution in [0.25, 0.3) is 0 Å². The molecule has 6 rings (SSSR count). The normalized spacial score (nSPS) is 25.9. The lowest BCUT2D eigenvalue weighted by atomic mass is 9.84. The first-order chi connectivity index (χ1) is 17.8. The minimum Gasteiger partial charge on any atom is -0.355 e. The fraction of sp³-hybridized carbons (Fsp3) is 0.481. The highest BCUT2D eigenvalue weighted by Crippen LogP contribution is 2.28. The fourth-order valence-electron chi connectivity index (χ4n) is 5.62. The monoisotopic (exact) mass is 544 g/mol. The van der Waals surface area contributed by atoms with Gasteiger partial charge in [0.2, 0.25) is 15.9 Å². The maximum Gasteiger partial charge on any atom is 0.251 e. The van der Waals surface area contributed by atoms with Crippen LogP contribution in [0.3, 0.4) is 0 Å². The van der Waals surface area contributed by atoms with Gasteiger partial charge in [0.15, 0.2) is 0 Å². The van der Waals surface area contributed by atoms with Gasteiger partial charge in [0, 0.05) is 36.3 Å². The van der Waals surface area contributed by atoms with Gasteiger partial charge >= 0.3 is 0 Å². The second-order valence-electron chi connectivity index (χ2n) is 10.2. The Morgan fingerprint density at radius 1 is 1.03 bits per heavy atom. The fourth-order valence-corrected chi connectivity index (χ4v) is 7.36. The summed E-state index contributed by atoms with van der Waals surface area (Å²) in [6, 6.07) is 12.3. The molecule has 0 unspecified atom stereocenters. The zero-order valence-corrected chi connectivity index (χ0v) is 22.3. The summed E-state index contributed by atoms with van der Waals surface area (Å²) in [6.45, 7) is 3.67. The number of amides is 2. The number of carbonyl (C=O) groups excluding carboxylic acids is 2. The summed E-state index contributed by atoms with van der Waals surface area (Å²) in [7, 11) is -3.99. The van der Waals surface area contributed by atoms with Crippen molar-refractivity contribution in [2.45, 2.75) is 55.6 Å². The molecule has 4 heterocycles. The molecule has 198 valence electrons. The summed E-state index contributed by atoms with van der Waals surface area (Å²) in [5, 5.41) is 6.47. The predicted octanol–water partition coefficient (Wildman–Crippen LogP) is 3.02. The van der Waals surface area contributed by atoms with Crippen LogP contribution >= 0.6 is 11.6 Å². The van der Waals surface area contributed by atoms with Gasteiger partial charge in [-0.15, -0.1) is 0 Å². The van der Waals surface area contributed by atoms with Crippen LogP contribution in [0, 0.1) is 5.92 Å². The topological polar surface area (TPSA) is 98.8 Å². The number of nitrogens with zero attached hydrogens (tertiary/aromatic N) is 2. The van der Waals surface area contributed by atoms with E-state index in [0.29, 0.717) is 35.0 Å². The van der Waals surface area contributed by atoms with Gasteiger partial charge in [-0.3, -0.25) is 9.59 Å². The van der Waals surface area contributed by atoms with Crippen LogP contribution in [0.1, 0.15) is 48.0 Å². The number of piperidine rings is 3. The van der Waals surface area contributed by atoms with E-state index in [9.17, 15) is 18.0 Å². The second-order valence-corrected chi connectivity index (χ2v) is 12.5. The Balaban J connectivity index is 1.35. The Kier molecular flexibility index (Phi) is 7.85. The van der Waals surface area contributed by atoms with Crippen LogP contribution in [0.15, 0.2) is 53.4 Å². The van der Waals surface area contributed by atoms with Crippen molar-refractivity contribution in [1.29, 1.82) is 0 Å². The first kappa shape index (κ1) is 26.2. The van der Waals surface area contributed by atoms with E-state index < -0.39 is 16.1 Å². The SMILES string of the molecule is O=C(N[C@H]1CN2CCC1CC2)c1ccc(CN([C@@H]2CCCCNC2=O)S(=O)(=O)c2ccc(Cl)cc2)cc1. The van der Waals surface area contributed by atoms with Crippen molar-refractivity contribution < 1.29 is 18.0 Å². The van der Waals surface area contributed by atoms with Gasteiger partial charge in [-0.1, -0.05) is 23.7 Å². The molecule has 2 atom stereocenters. The van der Waals surface area contributed by atoms with E-state index >= 15 is 0 Å². The van der Waals surface area contributed by atoms with Crippen LogP contribution in [0.4, 0.5) is 0 Å². The molecule has 4 fully saturated rings. The minimum atomic E-state index is -3.99. The van der Waals surface area contributed by atoms with Crippen LogP contribution < -0.4 is 10.6 Å². The highest BCUT2D eigenvalue weighted by atomic mass is 35.5. The Morgan fingerprint density at radius 2 is 1.73 bits per heavy atom. The predicted molar refractivity (Wildman–Crippen MR) is 142 cm³/mol. The molecule has 2 aromatic carbocycles. The van der Waals surface area contributed by atoms with E-state index in [0.717, 1.165) is 45.3 Å². The van der Waals surface area contributed by atoms with E-state index in [2.05, 4.69) is 15.5 Å². The third-order valence-electron chi connectivity index (χ3n) is 7.80. The first-order valence-electron chi connectivity index (χ1n) is 13.0. The third-order valence-corrected chi connectivity index (χ3v) is 9.92. The van der Waals surface area contributed by atoms with Crippen molar-refractivity contribution >= 4 is 33.4 Å². The van der Waals surface area contributed by atoms with Gasteiger partial charge in [-0.25, -0.2) is 8.42 Å². The van der Waals surface area contributed by atoms with Crippen LogP contribution in [0.5, 0.6) is 0 Å². The van der Waals surface area contributed by atoms with Crippen LogP contribution in [0.2, 0.25) is 5.02 Å². The smallest absolute Gasteiger partial charge is 0.251 e. The number of halogens is 1. The van der Waals surface area contributed by atoms with Crippen LogP contribution in [-0.4, -0.2) is 67.7 Å². The van der Waals surface area contributed by atoms with Gasteiger partial charge in [0.25, 0.3) is 5.91 Å². The number of hydrogen-bond donors (Lipinski definition) is 2. The average molecular weight is 545 g/mol. The number of fused-ring (bicyclic) bond motifs is 3. The molecule has 37 heavy (non-hydrogen) atoms. The van der Waals surface area contributed by atoms with E-state index in [-0.39, 0.29) is 29.3 Å². The summed E-state index contributed by atoms with van der Waals surface area (Å²) >= 11 is 5.98. The highest BCUT2D eigenvalue weighted by Gasteiger charge is 2.37. The molecule has 2 amide bonds. The quantitative estimate of drug-likeness (QED) is 0.558. The average Bonchev–Trinajstić information content (AvgIpc) is 3.12. The minimum absolute atomic E-state index is 0.0185. The molecule has 4 aliphatic rings. The van der Waals surface area contributed by atoms with Crippen molar-refractivity contribution in [3.05, 3.63) is 64.7 Å². The molecule has 0 saturated carbocycles. The second kappa shape index (κ2) is 11.1. The Labute approximate surface area is 223 Å². The molecule has 2 N–H and O–H groups in total. The Bertz CT molecular complexity index is 1230. The van der Waals surface area contributed by atoms with Gasteiger partial charge in [0.05, 0.1) is 4.90 Å². The zero-order valence-electron chi connectivity index (χ0n) is 20.7. The van der Waals surface area contributed by atoms with Crippen molar-refractivity contribution in [3.8, 4) is 0 Å². The number of nitrogens with one attached hydrogen (secondary N) is 2. The van der Waals surface area contributed by atoms with Crippen molar-refractivity contribution in [1.82, 2.24) is 19.8 Å². The lowest BCUT2D eigenvalue weighted by Crippen LogP contribution is -2.57. The van der Waals surface area contributed by atoms with Crippen molar-refractivity contribution in [2.24, 2.45) is 5.92 Å². The number of rotatable bonds is 7. The summed E-state index contributed by atoms with van der Waals surface area (Å²) in [5.41, 5.74) is 1.24. The van der Waals surface area contributed by atoms with Crippen molar-refractivity contribution in [2.75, 3.05) is 26.2 Å². The molecule has 0 aliphatic carbocycles. The Morgan fingerprint density at radius 3 is 2.38 bits per heavy atom. The summed E-state index contributed by atoms with van der Waals surface area (Å²) in [5.74, 6) is 0.133. The number of hydrogen-bond acceptors (Lipinski definition) is 5. The Hall–Kier alpha value is -2.46. The van der Waals surface area contributed by atoms with Gasteiger partial charge in [-0.05, 0) is 93.1 Å². The summed E-state index contributed by atoms with van der Waals surface area (Å²) in [6.07, 6.45) is 4.24. The number of carbonyl (C=O) groups is 2. The van der Waals surface area contributed by atoms with E-state index in [1.165, 1.54) is 28.6 Å². The lowest BCUT2D eigenvalue weighted by molar-refractivity contribution is -0.124. The van der Waals surface area contributed by atoms with Gasteiger partial charge in [0.1, 0.15) is 6.04 Å². The van der Waals surface area contributed by atoms with E-state index in [4.69, 9.17) is 11.6 Å². The first-order valence-corrected chi connectivity index (χ1v) is 14.8.